The number of hydrogen-bond acceptors (Lipinski definition) is 3. The number of nitrogens with one attached hydrogen (secondary N) is 2. The highest BCUT2D eigenvalue weighted by atomic mass is 16.5. The molecular weight excluding hydrogens is 302 g/mol. The van der Waals surface area contributed by atoms with E-state index in [1.54, 1.807) is 7.11 Å². The molecule has 0 spiro atoms. The summed E-state index contributed by atoms with van der Waals surface area (Å²) >= 11 is 0. The number of amides is 2. The zero-order valence-electron chi connectivity index (χ0n) is 14.1. The van der Waals surface area contributed by atoms with Gasteiger partial charge in [0.05, 0.1) is 7.11 Å². The topological polar surface area (TPSA) is 53.6 Å². The minimum atomic E-state index is -0.195. The number of nitrogens with zero attached hydrogens (tertiary/aromatic N) is 1. The van der Waals surface area contributed by atoms with Crippen molar-refractivity contribution in [2.24, 2.45) is 0 Å². The normalized spacial score (nSPS) is 14.0. The second kappa shape index (κ2) is 7.25. The molecule has 2 aromatic carbocycles. The van der Waals surface area contributed by atoms with E-state index >= 15 is 0 Å². The van der Waals surface area contributed by atoms with Crippen LogP contribution in [0.25, 0.3) is 0 Å². The summed E-state index contributed by atoms with van der Waals surface area (Å²) in [6, 6.07) is 15.8. The largest absolute Gasteiger partial charge is 0.497 e. The van der Waals surface area contributed by atoms with Gasteiger partial charge < -0.3 is 20.3 Å². The Labute approximate surface area is 142 Å². The number of para-hydroxylation sites is 1. The maximum absolute atomic E-state index is 12.1. The van der Waals surface area contributed by atoms with Gasteiger partial charge >= 0.3 is 6.03 Å². The van der Waals surface area contributed by atoms with Crippen molar-refractivity contribution in [2.75, 3.05) is 30.4 Å². The molecule has 1 aliphatic rings. The Hall–Kier alpha value is -2.69. The van der Waals surface area contributed by atoms with Crippen LogP contribution in [-0.2, 0) is 6.42 Å². The van der Waals surface area contributed by atoms with Gasteiger partial charge in [0.1, 0.15) is 5.75 Å². The van der Waals surface area contributed by atoms with Crippen molar-refractivity contribution < 1.29 is 9.53 Å². The van der Waals surface area contributed by atoms with E-state index < -0.39 is 0 Å². The predicted octanol–water partition coefficient (Wildman–Crippen LogP) is 3.27. The molecule has 2 N–H and O–H groups in total. The van der Waals surface area contributed by atoms with Crippen molar-refractivity contribution in [1.82, 2.24) is 5.32 Å². The average Bonchev–Trinajstić information content (AvgIpc) is 3.04. The van der Waals surface area contributed by atoms with Crippen molar-refractivity contribution in [2.45, 2.75) is 19.4 Å². The maximum Gasteiger partial charge on any atom is 0.319 e. The van der Waals surface area contributed by atoms with Crippen LogP contribution in [-0.4, -0.2) is 32.3 Å². The van der Waals surface area contributed by atoms with E-state index in [0.717, 1.165) is 24.4 Å². The Morgan fingerprint density at radius 1 is 1.21 bits per heavy atom. The molecule has 126 valence electrons. The number of ether oxygens (including phenoxy) is 1. The summed E-state index contributed by atoms with van der Waals surface area (Å²) in [6.07, 6.45) is 1.07. The quantitative estimate of drug-likeness (QED) is 0.887. The molecular formula is C19H23N3O2. The molecule has 0 aromatic heterocycles. The number of urea groups is 1. The Balaban J connectivity index is 1.51. The van der Waals surface area contributed by atoms with E-state index in [1.807, 2.05) is 24.3 Å². The van der Waals surface area contributed by atoms with E-state index in [-0.39, 0.29) is 12.1 Å². The number of fused-ring (bicyclic) bond motifs is 1. The molecule has 5 nitrogen and oxygen atoms in total. The molecule has 0 radical (unpaired) electrons. The van der Waals surface area contributed by atoms with Gasteiger partial charge in [0, 0.05) is 30.5 Å². The van der Waals surface area contributed by atoms with Gasteiger partial charge in [-0.25, -0.2) is 4.79 Å². The van der Waals surface area contributed by atoms with Crippen LogP contribution < -0.4 is 20.3 Å². The highest BCUT2D eigenvalue weighted by molar-refractivity contribution is 5.89. The van der Waals surface area contributed by atoms with E-state index in [2.05, 4.69) is 46.7 Å². The van der Waals surface area contributed by atoms with Gasteiger partial charge in [-0.05, 0) is 49.2 Å². The third kappa shape index (κ3) is 3.62. The van der Waals surface area contributed by atoms with Gasteiger partial charge in [-0.15, -0.1) is 0 Å². The third-order valence-corrected chi connectivity index (χ3v) is 4.36. The molecule has 1 heterocycles. The standard InChI is InChI=1S/C19H23N3O2/c1-14(22-12-11-15-5-3-4-6-18(15)22)13-20-19(23)21-16-7-9-17(24-2)10-8-16/h3-10,14H,11-13H2,1-2H3,(H2,20,21,23)/t14-/m1/s1. The third-order valence-electron chi connectivity index (χ3n) is 4.36. The smallest absolute Gasteiger partial charge is 0.319 e. The zero-order valence-corrected chi connectivity index (χ0v) is 14.1. The second-order valence-corrected chi connectivity index (χ2v) is 5.98. The molecule has 2 aromatic rings. The summed E-state index contributed by atoms with van der Waals surface area (Å²) in [5, 5.41) is 5.78. The van der Waals surface area contributed by atoms with E-state index in [0.29, 0.717) is 6.54 Å². The van der Waals surface area contributed by atoms with Crippen LogP contribution in [0.4, 0.5) is 16.2 Å². The number of carbonyl (C=O) groups excluding carboxylic acids is 1. The molecule has 2 amide bonds. The summed E-state index contributed by atoms with van der Waals surface area (Å²) in [6.45, 7) is 3.73. The molecule has 3 rings (SSSR count). The molecule has 0 fully saturated rings. The zero-order chi connectivity index (χ0) is 16.9. The predicted molar refractivity (Wildman–Crippen MR) is 97.0 cm³/mol. The van der Waals surface area contributed by atoms with E-state index in [1.165, 1.54) is 11.3 Å². The fourth-order valence-corrected chi connectivity index (χ4v) is 3.02. The van der Waals surface area contributed by atoms with Crippen LogP contribution in [0.1, 0.15) is 12.5 Å². The van der Waals surface area contributed by atoms with Crippen LogP contribution in [0.2, 0.25) is 0 Å². The van der Waals surface area contributed by atoms with Crippen LogP contribution in [0, 0.1) is 0 Å². The van der Waals surface area contributed by atoms with Crippen molar-refractivity contribution in [3.63, 3.8) is 0 Å². The number of anilines is 2. The molecule has 0 aliphatic carbocycles. The fourth-order valence-electron chi connectivity index (χ4n) is 3.02. The Bertz CT molecular complexity index is 700. The lowest BCUT2D eigenvalue weighted by atomic mass is 10.2. The number of carbonyl (C=O) groups is 1. The molecule has 1 aliphatic heterocycles. The van der Waals surface area contributed by atoms with Gasteiger partial charge in [-0.1, -0.05) is 18.2 Å². The summed E-state index contributed by atoms with van der Waals surface area (Å²) in [5.74, 6) is 0.766. The lowest BCUT2D eigenvalue weighted by Crippen LogP contribution is -2.42. The van der Waals surface area contributed by atoms with Crippen LogP contribution in [0.3, 0.4) is 0 Å². The number of methoxy groups -OCH3 is 1. The molecule has 1 atom stereocenters. The molecule has 5 heteroatoms. The van der Waals surface area contributed by atoms with Crippen molar-refractivity contribution in [1.29, 1.82) is 0 Å². The maximum atomic E-state index is 12.1. The summed E-state index contributed by atoms with van der Waals surface area (Å²) in [5.41, 5.74) is 3.40. The van der Waals surface area contributed by atoms with Crippen molar-refractivity contribution in [3.8, 4) is 5.75 Å². The fraction of sp³-hybridized carbons (Fsp3) is 0.316. The van der Waals surface area contributed by atoms with Gasteiger partial charge in [0.15, 0.2) is 0 Å². The monoisotopic (exact) mass is 325 g/mol. The number of hydrogen-bond donors (Lipinski definition) is 2. The Morgan fingerprint density at radius 2 is 1.96 bits per heavy atom. The molecule has 24 heavy (non-hydrogen) atoms. The van der Waals surface area contributed by atoms with Crippen LogP contribution in [0.15, 0.2) is 48.5 Å². The summed E-state index contributed by atoms with van der Waals surface area (Å²) in [4.78, 5) is 14.4. The Morgan fingerprint density at radius 3 is 2.71 bits per heavy atom. The number of benzene rings is 2. The van der Waals surface area contributed by atoms with Gasteiger partial charge in [0.2, 0.25) is 0 Å². The van der Waals surface area contributed by atoms with Gasteiger partial charge in [-0.3, -0.25) is 0 Å². The first-order valence-corrected chi connectivity index (χ1v) is 8.21. The molecule has 0 saturated carbocycles. The van der Waals surface area contributed by atoms with Crippen molar-refractivity contribution in [3.05, 3.63) is 54.1 Å². The lowest BCUT2D eigenvalue weighted by molar-refractivity contribution is 0.251. The SMILES string of the molecule is COc1ccc(NC(=O)NC[C@@H](C)N2CCc3ccccc32)cc1. The lowest BCUT2D eigenvalue weighted by Gasteiger charge is -2.27. The highest BCUT2D eigenvalue weighted by Gasteiger charge is 2.22. The van der Waals surface area contributed by atoms with Crippen LogP contribution >= 0.6 is 0 Å². The number of rotatable bonds is 5. The highest BCUT2D eigenvalue weighted by Crippen LogP contribution is 2.28. The van der Waals surface area contributed by atoms with Crippen molar-refractivity contribution >= 4 is 17.4 Å². The molecule has 0 unspecified atom stereocenters. The minimum absolute atomic E-state index is 0.195. The van der Waals surface area contributed by atoms with E-state index in [9.17, 15) is 4.79 Å². The first-order valence-electron chi connectivity index (χ1n) is 8.21. The average molecular weight is 325 g/mol. The molecule has 0 bridgehead atoms. The summed E-state index contributed by atoms with van der Waals surface area (Å²) < 4.78 is 5.10. The van der Waals surface area contributed by atoms with E-state index in [4.69, 9.17) is 4.74 Å². The first kappa shape index (κ1) is 16.2. The Kier molecular flexibility index (Phi) is 4.89. The van der Waals surface area contributed by atoms with Gasteiger partial charge in [0.25, 0.3) is 0 Å². The minimum Gasteiger partial charge on any atom is -0.497 e. The summed E-state index contributed by atoms with van der Waals surface area (Å²) in [7, 11) is 1.62. The second-order valence-electron chi connectivity index (χ2n) is 5.98. The first-order chi connectivity index (χ1) is 11.7. The van der Waals surface area contributed by atoms with Crippen LogP contribution in [0.5, 0.6) is 5.75 Å². The van der Waals surface area contributed by atoms with Gasteiger partial charge in [-0.2, -0.15) is 0 Å². The molecule has 0 saturated heterocycles.